The highest BCUT2D eigenvalue weighted by molar-refractivity contribution is 7.47. The van der Waals surface area contributed by atoms with Crippen LogP contribution in [0.25, 0.3) is 6.08 Å². The standard InChI is InChI=1S/C8H5Cl3.C4H11O4P/c9-4-3-6-1-2-7(10)5-8(6)11;1-3-7-9(5,6)8-4-2/h1-5H;3-4H2,1-2H3,(H,5,6). The predicted molar refractivity (Wildman–Crippen MR) is 84.4 cm³/mol. The average molecular weight is 362 g/mol. The van der Waals surface area contributed by atoms with Gasteiger partial charge in [-0.05, 0) is 37.6 Å². The van der Waals surface area contributed by atoms with Crippen LogP contribution < -0.4 is 0 Å². The van der Waals surface area contributed by atoms with E-state index in [2.05, 4.69) is 9.05 Å². The summed E-state index contributed by atoms with van der Waals surface area (Å²) in [7, 11) is -3.69. The summed E-state index contributed by atoms with van der Waals surface area (Å²) in [6, 6.07) is 5.25. The number of halogens is 3. The topological polar surface area (TPSA) is 55.8 Å². The molecule has 0 heterocycles. The zero-order valence-corrected chi connectivity index (χ0v) is 14.2. The van der Waals surface area contributed by atoms with Crippen molar-refractivity contribution in [1.82, 2.24) is 0 Å². The van der Waals surface area contributed by atoms with Crippen molar-refractivity contribution < 1.29 is 18.5 Å². The molecule has 4 nitrogen and oxygen atoms in total. The Bertz CT molecular complexity index is 470. The second-order valence-corrected chi connectivity index (χ2v) is 5.81. The van der Waals surface area contributed by atoms with Gasteiger partial charge in [-0.25, -0.2) is 4.57 Å². The minimum atomic E-state index is -3.69. The third-order valence-corrected chi connectivity index (χ3v) is 3.65. The third-order valence-electron chi connectivity index (χ3n) is 1.79. The van der Waals surface area contributed by atoms with E-state index in [4.69, 9.17) is 39.7 Å². The van der Waals surface area contributed by atoms with Crippen molar-refractivity contribution in [2.75, 3.05) is 13.2 Å². The maximum absolute atomic E-state index is 10.5. The van der Waals surface area contributed by atoms with Gasteiger partial charge in [0, 0.05) is 15.6 Å². The van der Waals surface area contributed by atoms with E-state index < -0.39 is 7.82 Å². The monoisotopic (exact) mass is 360 g/mol. The summed E-state index contributed by atoms with van der Waals surface area (Å²) >= 11 is 16.9. The number of hydrogen-bond donors (Lipinski definition) is 1. The van der Waals surface area contributed by atoms with Crippen molar-refractivity contribution in [1.29, 1.82) is 0 Å². The minimum absolute atomic E-state index is 0.188. The van der Waals surface area contributed by atoms with Crippen LogP contribution in [0.3, 0.4) is 0 Å². The first-order valence-corrected chi connectivity index (χ1v) is 8.38. The normalized spacial score (nSPS) is 11.3. The molecule has 1 aromatic rings. The number of hydrogen-bond acceptors (Lipinski definition) is 3. The van der Waals surface area contributed by atoms with Crippen molar-refractivity contribution in [3.63, 3.8) is 0 Å². The molecule has 0 aliphatic carbocycles. The predicted octanol–water partition coefficient (Wildman–Crippen LogP) is 5.36. The molecule has 1 aromatic carbocycles. The van der Waals surface area contributed by atoms with Crippen molar-refractivity contribution in [3.05, 3.63) is 39.3 Å². The number of phosphoric ester groups is 1. The minimum Gasteiger partial charge on any atom is -0.302 e. The van der Waals surface area contributed by atoms with Crippen LogP contribution in [0.5, 0.6) is 0 Å². The summed E-state index contributed by atoms with van der Waals surface area (Å²) in [5.41, 5.74) is 2.28. The molecule has 0 bridgehead atoms. The Morgan fingerprint density at radius 3 is 2.20 bits per heavy atom. The van der Waals surface area contributed by atoms with Gasteiger partial charge in [0.05, 0.1) is 13.2 Å². The highest BCUT2D eigenvalue weighted by Crippen LogP contribution is 2.42. The second-order valence-electron chi connectivity index (χ2n) is 3.26. The molecule has 20 heavy (non-hydrogen) atoms. The smallest absolute Gasteiger partial charge is 0.302 e. The van der Waals surface area contributed by atoms with Gasteiger partial charge in [0.15, 0.2) is 0 Å². The van der Waals surface area contributed by atoms with E-state index in [1.165, 1.54) is 5.54 Å². The molecule has 0 saturated heterocycles. The Labute approximate surface area is 133 Å². The molecule has 1 N–H and O–H groups in total. The summed E-state index contributed by atoms with van der Waals surface area (Å²) in [6.07, 6.45) is 1.71. The van der Waals surface area contributed by atoms with E-state index in [1.807, 2.05) is 6.07 Å². The molecule has 0 aliphatic rings. The van der Waals surface area contributed by atoms with Gasteiger partial charge in [-0.3, -0.25) is 9.05 Å². The molecule has 0 radical (unpaired) electrons. The highest BCUT2D eigenvalue weighted by Gasteiger charge is 2.17. The first-order valence-electron chi connectivity index (χ1n) is 5.70. The van der Waals surface area contributed by atoms with Gasteiger partial charge in [0.2, 0.25) is 0 Å². The average Bonchev–Trinajstić information content (AvgIpc) is 2.33. The lowest BCUT2D eigenvalue weighted by atomic mass is 10.2. The van der Waals surface area contributed by atoms with Crippen LogP contribution in [0.1, 0.15) is 19.4 Å². The second kappa shape index (κ2) is 10.6. The van der Waals surface area contributed by atoms with Gasteiger partial charge in [0.25, 0.3) is 0 Å². The first-order chi connectivity index (χ1) is 9.36. The maximum atomic E-state index is 10.5. The van der Waals surface area contributed by atoms with E-state index in [0.29, 0.717) is 10.0 Å². The Kier molecular flexibility index (Phi) is 10.6. The Morgan fingerprint density at radius 1 is 1.25 bits per heavy atom. The number of benzene rings is 1. The van der Waals surface area contributed by atoms with Gasteiger partial charge in [-0.1, -0.05) is 40.9 Å². The Morgan fingerprint density at radius 2 is 1.80 bits per heavy atom. The lowest BCUT2D eigenvalue weighted by Gasteiger charge is -2.07. The zero-order valence-electron chi connectivity index (χ0n) is 11.1. The van der Waals surface area contributed by atoms with Crippen LogP contribution in [0.4, 0.5) is 0 Å². The van der Waals surface area contributed by atoms with Gasteiger partial charge >= 0.3 is 7.82 Å². The summed E-state index contributed by atoms with van der Waals surface area (Å²) < 4.78 is 19.2. The first kappa shape index (κ1) is 19.9. The fourth-order valence-corrected chi connectivity index (χ4v) is 2.40. The molecule has 0 spiro atoms. The van der Waals surface area contributed by atoms with Crippen molar-refractivity contribution >= 4 is 48.7 Å². The summed E-state index contributed by atoms with van der Waals surface area (Å²) in [5, 5.41) is 1.23. The van der Waals surface area contributed by atoms with Gasteiger partial charge < -0.3 is 4.89 Å². The quantitative estimate of drug-likeness (QED) is 0.717. The van der Waals surface area contributed by atoms with Crippen LogP contribution in [0, 0.1) is 0 Å². The molecule has 0 amide bonds. The van der Waals surface area contributed by atoms with Crippen molar-refractivity contribution in [2.24, 2.45) is 0 Å². The number of rotatable bonds is 5. The van der Waals surface area contributed by atoms with E-state index >= 15 is 0 Å². The van der Waals surface area contributed by atoms with E-state index in [0.717, 1.165) is 5.56 Å². The van der Waals surface area contributed by atoms with E-state index in [9.17, 15) is 4.57 Å². The largest absolute Gasteiger partial charge is 0.472 e. The molecule has 1 rings (SSSR count). The Hall–Kier alpha value is -0.0600. The molecule has 0 aliphatic heterocycles. The van der Waals surface area contributed by atoms with Gasteiger partial charge in [0.1, 0.15) is 0 Å². The van der Waals surface area contributed by atoms with E-state index in [1.54, 1.807) is 32.1 Å². The van der Waals surface area contributed by atoms with Crippen molar-refractivity contribution in [3.8, 4) is 0 Å². The third kappa shape index (κ3) is 8.98. The molecular formula is C12H16Cl3O4P. The van der Waals surface area contributed by atoms with Crippen LogP contribution in [-0.4, -0.2) is 18.1 Å². The molecule has 114 valence electrons. The summed E-state index contributed by atoms with van der Waals surface area (Å²) in [4.78, 5) is 8.63. The lowest BCUT2D eigenvalue weighted by molar-refractivity contribution is 0.161. The van der Waals surface area contributed by atoms with Crippen LogP contribution in [0.15, 0.2) is 23.7 Å². The van der Waals surface area contributed by atoms with Crippen LogP contribution in [-0.2, 0) is 13.6 Å². The summed E-state index contributed by atoms with van der Waals surface area (Å²) in [6.45, 7) is 3.63. The highest BCUT2D eigenvalue weighted by atomic mass is 35.5. The molecular weight excluding hydrogens is 345 g/mol. The molecule has 0 atom stereocenters. The van der Waals surface area contributed by atoms with E-state index in [-0.39, 0.29) is 13.2 Å². The fraction of sp³-hybridized carbons (Fsp3) is 0.333. The maximum Gasteiger partial charge on any atom is 0.472 e. The zero-order chi connectivity index (χ0) is 15.6. The lowest BCUT2D eigenvalue weighted by Crippen LogP contribution is -1.93. The molecule has 0 aromatic heterocycles. The fourth-order valence-electron chi connectivity index (χ4n) is 1.07. The SMILES string of the molecule is CCOP(=O)(O)OCC.ClC=Cc1ccc(Cl)cc1Cl. The van der Waals surface area contributed by atoms with Crippen LogP contribution >= 0.6 is 42.6 Å². The molecule has 0 saturated carbocycles. The summed E-state index contributed by atoms with van der Waals surface area (Å²) in [5.74, 6) is 0. The molecule has 0 fully saturated rings. The molecule has 0 unspecified atom stereocenters. The van der Waals surface area contributed by atoms with Crippen molar-refractivity contribution in [2.45, 2.75) is 13.8 Å². The van der Waals surface area contributed by atoms with Crippen LogP contribution in [0.2, 0.25) is 10.0 Å². The number of phosphoric acid groups is 1. The van der Waals surface area contributed by atoms with Gasteiger partial charge in [-0.2, -0.15) is 0 Å². The molecule has 8 heteroatoms. The van der Waals surface area contributed by atoms with Gasteiger partial charge in [-0.15, -0.1) is 0 Å². The Balaban J connectivity index is 0.000000370.